The monoisotopic (exact) mass is 354 g/mol. The van der Waals surface area contributed by atoms with Gasteiger partial charge >= 0.3 is 0 Å². The molecule has 0 spiro atoms. The molecule has 0 aliphatic carbocycles. The first kappa shape index (κ1) is 16.8. The summed E-state index contributed by atoms with van der Waals surface area (Å²) in [4.78, 5) is 16.5. The van der Waals surface area contributed by atoms with Crippen molar-refractivity contribution in [2.75, 3.05) is 5.32 Å². The minimum Gasteiger partial charge on any atom is -0.440 e. The first-order chi connectivity index (χ1) is 13.3. The molecule has 4 heteroatoms. The molecule has 4 aromatic rings. The van der Waals surface area contributed by atoms with E-state index in [-0.39, 0.29) is 5.91 Å². The van der Waals surface area contributed by atoms with Crippen molar-refractivity contribution >= 4 is 28.8 Å². The normalized spacial score (nSPS) is 11.1. The van der Waals surface area contributed by atoms with E-state index in [4.69, 9.17) is 4.42 Å². The maximum absolute atomic E-state index is 12.0. The van der Waals surface area contributed by atoms with Crippen LogP contribution in [0.4, 0.5) is 5.69 Å². The Balaban J connectivity index is 1.38. The summed E-state index contributed by atoms with van der Waals surface area (Å²) in [5.41, 5.74) is 4.46. The highest BCUT2D eigenvalue weighted by atomic mass is 16.3. The van der Waals surface area contributed by atoms with E-state index in [0.717, 1.165) is 27.9 Å². The van der Waals surface area contributed by atoms with E-state index in [9.17, 15) is 4.79 Å². The van der Waals surface area contributed by atoms with E-state index >= 15 is 0 Å². The minimum atomic E-state index is -0.162. The second-order valence-corrected chi connectivity index (χ2v) is 6.18. The van der Waals surface area contributed by atoms with Crippen molar-refractivity contribution in [1.82, 2.24) is 4.98 Å². The number of amides is 1. The van der Waals surface area contributed by atoms with Gasteiger partial charge in [0.15, 0.2) is 11.5 Å². The van der Waals surface area contributed by atoms with Gasteiger partial charge in [-0.2, -0.15) is 0 Å². The number of carbonyl (C=O) groups excluding carboxylic acids is 1. The number of anilines is 1. The Bertz CT molecular complexity index is 1050. The third-order valence-corrected chi connectivity index (χ3v) is 4.14. The number of hydrogen-bond donors (Lipinski definition) is 1. The molecule has 0 fully saturated rings. The van der Waals surface area contributed by atoms with Crippen molar-refractivity contribution in [2.45, 2.75) is 6.42 Å². The lowest BCUT2D eigenvalue weighted by molar-refractivity contribution is -0.111. The fourth-order valence-electron chi connectivity index (χ4n) is 2.80. The van der Waals surface area contributed by atoms with Crippen molar-refractivity contribution in [3.05, 3.63) is 102 Å². The van der Waals surface area contributed by atoms with Gasteiger partial charge in [0.25, 0.3) is 0 Å². The van der Waals surface area contributed by atoms with Gasteiger partial charge < -0.3 is 9.73 Å². The molecule has 0 aliphatic rings. The summed E-state index contributed by atoms with van der Waals surface area (Å²) in [6.45, 7) is 0. The zero-order chi connectivity index (χ0) is 18.5. The Hall–Kier alpha value is -3.66. The molecular weight excluding hydrogens is 336 g/mol. The lowest BCUT2D eigenvalue weighted by atomic mass is 10.1. The molecule has 3 aromatic carbocycles. The highest BCUT2D eigenvalue weighted by Crippen LogP contribution is 2.18. The van der Waals surface area contributed by atoms with Gasteiger partial charge in [0.2, 0.25) is 5.91 Å². The van der Waals surface area contributed by atoms with Crippen LogP contribution in [0.1, 0.15) is 17.0 Å². The van der Waals surface area contributed by atoms with Gasteiger partial charge in [-0.1, -0.05) is 54.6 Å². The average Bonchev–Trinajstić information content (AvgIpc) is 3.11. The molecule has 4 nitrogen and oxygen atoms in total. The van der Waals surface area contributed by atoms with Crippen molar-refractivity contribution < 1.29 is 9.21 Å². The number of aromatic nitrogens is 1. The van der Waals surface area contributed by atoms with Crippen LogP contribution in [0.15, 0.2) is 89.4 Å². The minimum absolute atomic E-state index is 0.162. The predicted octanol–water partition coefficient (Wildman–Crippen LogP) is 5.07. The number of hydrogen-bond acceptors (Lipinski definition) is 3. The van der Waals surface area contributed by atoms with E-state index in [1.807, 2.05) is 78.9 Å². The standard InChI is InChI=1S/C23H18N2O2/c26-22(15-12-17-6-2-1-3-7-17)24-19-13-10-18(11-14-19)16-23-25-20-8-4-5-9-21(20)27-23/h1-15H,16H2,(H,24,26)/b15-12+. The fourth-order valence-corrected chi connectivity index (χ4v) is 2.80. The highest BCUT2D eigenvalue weighted by Gasteiger charge is 2.06. The van der Waals surface area contributed by atoms with Crippen molar-refractivity contribution in [3.8, 4) is 0 Å². The molecule has 1 heterocycles. The Morgan fingerprint density at radius 1 is 0.926 bits per heavy atom. The molecule has 1 amide bonds. The molecule has 4 rings (SSSR count). The summed E-state index contributed by atoms with van der Waals surface area (Å²) in [7, 11) is 0. The van der Waals surface area contributed by atoms with Crippen molar-refractivity contribution in [3.63, 3.8) is 0 Å². The lowest BCUT2D eigenvalue weighted by Gasteiger charge is -2.03. The summed E-state index contributed by atoms with van der Waals surface area (Å²) < 4.78 is 5.75. The second-order valence-electron chi connectivity index (χ2n) is 6.18. The SMILES string of the molecule is O=C(/C=C/c1ccccc1)Nc1ccc(Cc2nc3ccccc3o2)cc1. The highest BCUT2D eigenvalue weighted by molar-refractivity contribution is 6.01. The largest absolute Gasteiger partial charge is 0.440 e. The number of nitrogens with one attached hydrogen (secondary N) is 1. The van der Waals surface area contributed by atoms with Crippen LogP contribution < -0.4 is 5.32 Å². The quantitative estimate of drug-likeness (QED) is 0.509. The Labute approximate surface area is 157 Å². The molecular formula is C23H18N2O2. The van der Waals surface area contributed by atoms with E-state index < -0.39 is 0 Å². The summed E-state index contributed by atoms with van der Waals surface area (Å²) >= 11 is 0. The number of fused-ring (bicyclic) bond motifs is 1. The van der Waals surface area contributed by atoms with Crippen LogP contribution in [0.25, 0.3) is 17.2 Å². The van der Waals surface area contributed by atoms with Gasteiger partial charge in [-0.3, -0.25) is 4.79 Å². The van der Waals surface area contributed by atoms with Crippen molar-refractivity contribution in [2.24, 2.45) is 0 Å². The van der Waals surface area contributed by atoms with Crippen LogP contribution >= 0.6 is 0 Å². The van der Waals surface area contributed by atoms with Crippen LogP contribution in [-0.2, 0) is 11.2 Å². The van der Waals surface area contributed by atoms with Gasteiger partial charge in [0.1, 0.15) is 5.52 Å². The first-order valence-corrected chi connectivity index (χ1v) is 8.74. The zero-order valence-electron chi connectivity index (χ0n) is 14.6. The van der Waals surface area contributed by atoms with Gasteiger partial charge in [-0.25, -0.2) is 4.98 Å². The number of rotatable bonds is 5. The third-order valence-electron chi connectivity index (χ3n) is 4.14. The molecule has 0 unspecified atom stereocenters. The maximum Gasteiger partial charge on any atom is 0.248 e. The number of benzene rings is 3. The topological polar surface area (TPSA) is 55.1 Å². The molecule has 0 saturated heterocycles. The molecule has 0 radical (unpaired) electrons. The molecule has 0 bridgehead atoms. The Morgan fingerprint density at radius 3 is 2.44 bits per heavy atom. The number of para-hydroxylation sites is 2. The zero-order valence-corrected chi connectivity index (χ0v) is 14.6. The van der Waals surface area contributed by atoms with Crippen LogP contribution in [-0.4, -0.2) is 10.9 Å². The number of nitrogens with zero attached hydrogens (tertiary/aromatic N) is 1. The predicted molar refractivity (Wildman–Crippen MR) is 107 cm³/mol. The van der Waals surface area contributed by atoms with Crippen LogP contribution in [0.5, 0.6) is 0 Å². The summed E-state index contributed by atoms with van der Waals surface area (Å²) in [5, 5.41) is 2.86. The van der Waals surface area contributed by atoms with E-state index in [2.05, 4.69) is 10.3 Å². The van der Waals surface area contributed by atoms with E-state index in [1.165, 1.54) is 6.08 Å². The van der Waals surface area contributed by atoms with Crippen LogP contribution in [0.2, 0.25) is 0 Å². The molecule has 1 aromatic heterocycles. The second kappa shape index (κ2) is 7.70. The van der Waals surface area contributed by atoms with E-state index in [0.29, 0.717) is 12.3 Å². The first-order valence-electron chi connectivity index (χ1n) is 8.74. The summed E-state index contributed by atoms with van der Waals surface area (Å²) in [6.07, 6.45) is 3.93. The van der Waals surface area contributed by atoms with Gasteiger partial charge in [-0.15, -0.1) is 0 Å². The van der Waals surface area contributed by atoms with Crippen LogP contribution in [0.3, 0.4) is 0 Å². The maximum atomic E-state index is 12.0. The summed E-state index contributed by atoms with van der Waals surface area (Å²) in [6, 6.07) is 25.1. The van der Waals surface area contributed by atoms with Gasteiger partial charge in [-0.05, 0) is 41.5 Å². The third kappa shape index (κ3) is 4.30. The van der Waals surface area contributed by atoms with Crippen molar-refractivity contribution in [1.29, 1.82) is 0 Å². The van der Waals surface area contributed by atoms with Gasteiger partial charge in [0.05, 0.1) is 0 Å². The molecule has 1 N–H and O–H groups in total. The average molecular weight is 354 g/mol. The Kier molecular flexibility index (Phi) is 4.79. The molecule has 132 valence electrons. The fraction of sp³-hybridized carbons (Fsp3) is 0.0435. The molecule has 0 atom stereocenters. The van der Waals surface area contributed by atoms with Gasteiger partial charge in [0, 0.05) is 18.2 Å². The molecule has 0 aliphatic heterocycles. The number of carbonyl (C=O) groups is 1. The number of oxazole rings is 1. The summed E-state index contributed by atoms with van der Waals surface area (Å²) in [5.74, 6) is 0.518. The molecule has 0 saturated carbocycles. The molecule has 27 heavy (non-hydrogen) atoms. The van der Waals surface area contributed by atoms with E-state index in [1.54, 1.807) is 6.08 Å². The lowest BCUT2D eigenvalue weighted by Crippen LogP contribution is -2.07. The smallest absolute Gasteiger partial charge is 0.248 e. The Morgan fingerprint density at radius 2 is 1.67 bits per heavy atom. The van der Waals surface area contributed by atoms with Crippen LogP contribution in [0, 0.1) is 0 Å².